The van der Waals surface area contributed by atoms with Crippen molar-refractivity contribution in [2.24, 2.45) is 7.05 Å². The Hall–Kier alpha value is -2.40. The van der Waals surface area contributed by atoms with E-state index in [1.54, 1.807) is 29.0 Å². The van der Waals surface area contributed by atoms with Gasteiger partial charge < -0.3 is 9.30 Å². The monoisotopic (exact) mass is 502 g/mol. The number of pyridine rings is 1. The fourth-order valence-corrected chi connectivity index (χ4v) is 5.10. The summed E-state index contributed by atoms with van der Waals surface area (Å²) in [6.07, 6.45) is 7.80. The van der Waals surface area contributed by atoms with Gasteiger partial charge >= 0.3 is 0 Å². The summed E-state index contributed by atoms with van der Waals surface area (Å²) in [4.78, 5) is 12.9. The van der Waals surface area contributed by atoms with E-state index in [1.807, 2.05) is 12.1 Å². The Morgan fingerprint density at radius 2 is 1.79 bits per heavy atom. The lowest BCUT2D eigenvalue weighted by molar-refractivity contribution is 0.305. The van der Waals surface area contributed by atoms with E-state index in [2.05, 4.69) is 23.7 Å². The molecular formula is C26H25Cl3N2O2. The molecule has 1 aliphatic carbocycles. The molecule has 0 amide bonds. The van der Waals surface area contributed by atoms with E-state index in [0.717, 1.165) is 24.1 Å². The lowest BCUT2D eigenvalue weighted by Gasteiger charge is -2.11. The Morgan fingerprint density at radius 1 is 0.970 bits per heavy atom. The zero-order valence-electron chi connectivity index (χ0n) is 18.3. The average molecular weight is 504 g/mol. The van der Waals surface area contributed by atoms with E-state index in [9.17, 15) is 4.79 Å². The molecule has 172 valence electrons. The van der Waals surface area contributed by atoms with Crippen LogP contribution in [0.15, 0.2) is 59.5 Å². The van der Waals surface area contributed by atoms with Crippen molar-refractivity contribution < 1.29 is 4.74 Å². The summed E-state index contributed by atoms with van der Waals surface area (Å²) in [7, 11) is 2.14. The van der Waals surface area contributed by atoms with Gasteiger partial charge in [0.05, 0.1) is 11.2 Å². The molecule has 0 N–H and O–H groups in total. The van der Waals surface area contributed by atoms with Gasteiger partial charge in [0, 0.05) is 46.0 Å². The Morgan fingerprint density at radius 3 is 2.58 bits per heavy atom. The molecule has 7 heteroatoms. The quantitative estimate of drug-likeness (QED) is 0.284. The van der Waals surface area contributed by atoms with Crippen molar-refractivity contribution in [1.82, 2.24) is 9.13 Å². The highest BCUT2D eigenvalue weighted by molar-refractivity contribution is 6.35. The molecule has 0 saturated carbocycles. The van der Waals surface area contributed by atoms with Crippen molar-refractivity contribution in [1.29, 1.82) is 0 Å². The zero-order valence-corrected chi connectivity index (χ0v) is 20.6. The predicted molar refractivity (Wildman–Crippen MR) is 138 cm³/mol. The average Bonchev–Trinajstić information content (AvgIpc) is 2.93. The summed E-state index contributed by atoms with van der Waals surface area (Å²) in [6.45, 7) is 0.264. The van der Waals surface area contributed by atoms with Crippen LogP contribution in [0.4, 0.5) is 0 Å². The smallest absolute Gasteiger partial charge is 0.258 e. The number of ether oxygens (including phenoxy) is 1. The number of aromatic nitrogens is 2. The maximum atomic E-state index is 12.9. The Kier molecular flexibility index (Phi) is 7.08. The van der Waals surface area contributed by atoms with Gasteiger partial charge in [0.2, 0.25) is 0 Å². The molecule has 0 aliphatic heterocycles. The van der Waals surface area contributed by atoms with Crippen LogP contribution < -0.4 is 10.3 Å². The molecule has 0 atom stereocenters. The fraction of sp³-hybridized carbons (Fsp3) is 0.269. The number of nitrogens with zero attached hydrogens (tertiary/aromatic N) is 2. The number of rotatable bonds is 4. The van der Waals surface area contributed by atoms with Gasteiger partial charge in [-0.15, -0.1) is 12.4 Å². The number of aryl methyl sites for hydroxylation is 2. The molecular weight excluding hydrogens is 479 g/mol. The molecule has 2 heterocycles. The second-order valence-electron chi connectivity index (χ2n) is 8.34. The standard InChI is InChI=1S/C26H24Cl2N2O2.ClH/c1-29-24-6-4-2-3-5-21(24)22-10-9-19(14-25(22)29)30-12-11-20(15-26(30)31)32-16-17-7-8-18(27)13-23(17)28;/h7-15H,2-6,16H2,1H3;1H. The minimum absolute atomic E-state index is 0. The van der Waals surface area contributed by atoms with Crippen LogP contribution in [0.3, 0.4) is 0 Å². The molecule has 0 radical (unpaired) electrons. The van der Waals surface area contributed by atoms with Crippen LogP contribution in [-0.4, -0.2) is 9.13 Å². The molecule has 0 unspecified atom stereocenters. The van der Waals surface area contributed by atoms with Crippen LogP contribution in [0.5, 0.6) is 5.75 Å². The van der Waals surface area contributed by atoms with Gasteiger partial charge in [-0.2, -0.15) is 0 Å². The van der Waals surface area contributed by atoms with Gasteiger partial charge in [0.25, 0.3) is 5.56 Å². The largest absolute Gasteiger partial charge is 0.489 e. The summed E-state index contributed by atoms with van der Waals surface area (Å²) in [6, 6.07) is 14.9. The normalized spacial score (nSPS) is 13.3. The van der Waals surface area contributed by atoms with E-state index in [0.29, 0.717) is 15.8 Å². The molecule has 33 heavy (non-hydrogen) atoms. The Balaban J connectivity index is 0.00000259. The number of hydrogen-bond donors (Lipinski definition) is 0. The number of hydrogen-bond acceptors (Lipinski definition) is 2. The van der Waals surface area contributed by atoms with Crippen LogP contribution in [-0.2, 0) is 26.5 Å². The van der Waals surface area contributed by atoms with Crippen molar-refractivity contribution in [2.45, 2.75) is 38.7 Å². The fourth-order valence-electron chi connectivity index (χ4n) is 4.64. The van der Waals surface area contributed by atoms with Crippen LogP contribution >= 0.6 is 35.6 Å². The van der Waals surface area contributed by atoms with Gasteiger partial charge in [0.1, 0.15) is 12.4 Å². The first kappa shape index (κ1) is 23.7. The molecule has 1 aliphatic rings. The molecule has 2 aromatic heterocycles. The van der Waals surface area contributed by atoms with E-state index in [-0.39, 0.29) is 24.6 Å². The third-order valence-corrected chi connectivity index (χ3v) is 6.93. The highest BCUT2D eigenvalue weighted by Gasteiger charge is 2.17. The minimum Gasteiger partial charge on any atom is -0.489 e. The molecule has 0 spiro atoms. The van der Waals surface area contributed by atoms with Crippen molar-refractivity contribution in [3.05, 3.63) is 91.9 Å². The van der Waals surface area contributed by atoms with Crippen LogP contribution in [0.25, 0.3) is 16.6 Å². The van der Waals surface area contributed by atoms with Crippen LogP contribution in [0, 0.1) is 0 Å². The third-order valence-electron chi connectivity index (χ3n) is 6.34. The summed E-state index contributed by atoms with van der Waals surface area (Å²) >= 11 is 12.1. The van der Waals surface area contributed by atoms with Crippen LogP contribution in [0.1, 0.15) is 36.1 Å². The molecule has 2 aromatic carbocycles. The summed E-state index contributed by atoms with van der Waals surface area (Å²) in [5, 5.41) is 2.43. The van der Waals surface area contributed by atoms with Gasteiger partial charge in [-0.3, -0.25) is 9.36 Å². The van der Waals surface area contributed by atoms with Crippen LogP contribution in [0.2, 0.25) is 10.0 Å². The van der Waals surface area contributed by atoms with Gasteiger partial charge in [-0.05, 0) is 61.6 Å². The first-order chi connectivity index (χ1) is 15.5. The lowest BCUT2D eigenvalue weighted by atomic mass is 10.1. The summed E-state index contributed by atoms with van der Waals surface area (Å²) in [5.74, 6) is 0.504. The number of benzene rings is 2. The highest BCUT2D eigenvalue weighted by Crippen LogP contribution is 2.32. The predicted octanol–water partition coefficient (Wildman–Crippen LogP) is 6.91. The Labute approximate surface area is 209 Å². The second kappa shape index (κ2) is 9.84. The van der Waals surface area contributed by atoms with Crippen molar-refractivity contribution >= 4 is 46.5 Å². The first-order valence-corrected chi connectivity index (χ1v) is 11.7. The van der Waals surface area contributed by atoms with Gasteiger partial charge in [-0.25, -0.2) is 0 Å². The highest BCUT2D eigenvalue weighted by atomic mass is 35.5. The van der Waals surface area contributed by atoms with Crippen molar-refractivity contribution in [3.8, 4) is 11.4 Å². The third kappa shape index (κ3) is 4.65. The van der Waals surface area contributed by atoms with E-state index in [1.165, 1.54) is 47.5 Å². The SMILES string of the molecule is Cl.Cn1c2c(c3ccc(-n4ccc(OCc5ccc(Cl)cc5Cl)cc4=O)cc31)CCCCC2. The van der Waals surface area contributed by atoms with E-state index in [4.69, 9.17) is 27.9 Å². The van der Waals surface area contributed by atoms with E-state index >= 15 is 0 Å². The minimum atomic E-state index is -0.139. The number of fused-ring (bicyclic) bond motifs is 3. The molecule has 4 aromatic rings. The molecule has 4 nitrogen and oxygen atoms in total. The van der Waals surface area contributed by atoms with Gasteiger partial charge in [-0.1, -0.05) is 41.8 Å². The molecule has 5 rings (SSSR count). The molecule has 0 bridgehead atoms. The van der Waals surface area contributed by atoms with Crippen molar-refractivity contribution in [3.63, 3.8) is 0 Å². The maximum absolute atomic E-state index is 12.9. The maximum Gasteiger partial charge on any atom is 0.258 e. The topological polar surface area (TPSA) is 36.2 Å². The first-order valence-electron chi connectivity index (χ1n) is 10.9. The Bertz CT molecular complexity index is 1370. The summed E-state index contributed by atoms with van der Waals surface area (Å²) < 4.78 is 9.75. The zero-order chi connectivity index (χ0) is 22.2. The second-order valence-corrected chi connectivity index (χ2v) is 9.19. The van der Waals surface area contributed by atoms with E-state index < -0.39 is 0 Å². The van der Waals surface area contributed by atoms with Gasteiger partial charge in [0.15, 0.2) is 0 Å². The molecule has 0 saturated heterocycles. The van der Waals surface area contributed by atoms with Crippen molar-refractivity contribution in [2.75, 3.05) is 0 Å². The lowest BCUT2D eigenvalue weighted by Crippen LogP contribution is -2.16. The number of halogens is 3. The summed E-state index contributed by atoms with van der Waals surface area (Å²) in [5.41, 5.74) is 5.62. The molecule has 0 fully saturated rings.